The van der Waals surface area contributed by atoms with Crippen LogP contribution in [0.5, 0.6) is 5.75 Å². The predicted octanol–water partition coefficient (Wildman–Crippen LogP) is 2.91. The number of likely N-dealkylation sites (N-methyl/N-ethyl adjacent to an activating group) is 1. The quantitative estimate of drug-likeness (QED) is 0.835. The molecule has 1 amide bonds. The van der Waals surface area contributed by atoms with Crippen molar-refractivity contribution < 1.29 is 13.9 Å². The van der Waals surface area contributed by atoms with Gasteiger partial charge in [-0.1, -0.05) is 13.0 Å². The van der Waals surface area contributed by atoms with Crippen LogP contribution in [0.4, 0.5) is 4.39 Å². The number of carbonyl (C=O) groups is 1. The fraction of sp³-hybridized carbons (Fsp3) is 0.611. The van der Waals surface area contributed by atoms with Crippen molar-refractivity contribution in [3.63, 3.8) is 0 Å². The highest BCUT2D eigenvalue weighted by Crippen LogP contribution is 2.20. The Kier molecular flexibility index (Phi) is 5.99. The van der Waals surface area contributed by atoms with Crippen molar-refractivity contribution in [3.8, 4) is 5.75 Å². The molecular formula is C18H27FN2O2. The highest BCUT2D eigenvalue weighted by atomic mass is 19.1. The second kappa shape index (κ2) is 7.77. The van der Waals surface area contributed by atoms with Crippen molar-refractivity contribution in [2.45, 2.75) is 39.3 Å². The van der Waals surface area contributed by atoms with E-state index in [4.69, 9.17) is 4.74 Å². The van der Waals surface area contributed by atoms with Crippen LogP contribution in [0.3, 0.4) is 0 Å². The van der Waals surface area contributed by atoms with E-state index in [1.54, 1.807) is 6.07 Å². The van der Waals surface area contributed by atoms with Crippen LogP contribution in [-0.2, 0) is 11.3 Å². The molecule has 23 heavy (non-hydrogen) atoms. The van der Waals surface area contributed by atoms with Crippen LogP contribution in [0.1, 0.15) is 32.3 Å². The van der Waals surface area contributed by atoms with Gasteiger partial charge in [0.25, 0.3) is 0 Å². The lowest BCUT2D eigenvalue weighted by atomic mass is 9.98. The molecular weight excluding hydrogens is 295 g/mol. The van der Waals surface area contributed by atoms with Crippen LogP contribution in [0.2, 0.25) is 0 Å². The first kappa shape index (κ1) is 17.7. The number of carbonyl (C=O) groups excluding carboxylic acids is 1. The van der Waals surface area contributed by atoms with Crippen LogP contribution in [0, 0.1) is 11.7 Å². The zero-order chi connectivity index (χ0) is 17.0. The van der Waals surface area contributed by atoms with E-state index in [9.17, 15) is 9.18 Å². The summed E-state index contributed by atoms with van der Waals surface area (Å²) >= 11 is 0. The molecule has 1 unspecified atom stereocenters. The normalized spacial score (nSPS) is 17.4. The Bertz CT molecular complexity index is 542. The molecule has 2 rings (SSSR count). The summed E-state index contributed by atoms with van der Waals surface area (Å²) in [5.74, 6) is 0.730. The number of ether oxygens (including phenoxy) is 1. The lowest BCUT2D eigenvalue weighted by Gasteiger charge is -2.34. The molecule has 1 aliphatic heterocycles. The molecule has 5 heteroatoms. The van der Waals surface area contributed by atoms with Crippen LogP contribution in [-0.4, -0.2) is 49.0 Å². The molecule has 1 aliphatic rings. The molecule has 0 spiro atoms. The molecule has 4 nitrogen and oxygen atoms in total. The smallest absolute Gasteiger partial charge is 0.239 e. The molecule has 1 aromatic rings. The van der Waals surface area contributed by atoms with Gasteiger partial charge in [0.2, 0.25) is 5.91 Å². The molecule has 0 aromatic heterocycles. The zero-order valence-electron chi connectivity index (χ0n) is 14.5. The number of piperidine rings is 1. The third-order valence-corrected chi connectivity index (χ3v) is 4.76. The van der Waals surface area contributed by atoms with Gasteiger partial charge in [0.1, 0.15) is 0 Å². The molecule has 1 atom stereocenters. The Hall–Kier alpha value is -1.62. The Morgan fingerprint density at radius 1 is 1.43 bits per heavy atom. The van der Waals surface area contributed by atoms with E-state index in [0.29, 0.717) is 12.5 Å². The number of nitrogens with zero attached hydrogens (tertiary/aromatic N) is 2. The van der Waals surface area contributed by atoms with Gasteiger partial charge in [-0.05, 0) is 50.4 Å². The van der Waals surface area contributed by atoms with E-state index in [2.05, 4.69) is 6.92 Å². The van der Waals surface area contributed by atoms with Gasteiger partial charge in [0.05, 0.1) is 13.2 Å². The highest BCUT2D eigenvalue weighted by molar-refractivity contribution is 5.81. The van der Waals surface area contributed by atoms with Gasteiger partial charge in [-0.3, -0.25) is 9.69 Å². The standard InChI is InChI=1S/C18H27FN2O2/c1-13-7-9-21(10-8-13)18(22)14(2)20(3)12-15-5-6-17(23-4)16(19)11-15/h5-6,11,13-14H,7-10,12H2,1-4H3. The fourth-order valence-electron chi connectivity index (χ4n) is 2.91. The fourth-order valence-corrected chi connectivity index (χ4v) is 2.91. The number of hydrogen-bond donors (Lipinski definition) is 0. The van der Waals surface area contributed by atoms with Crippen molar-refractivity contribution in [1.29, 1.82) is 0 Å². The van der Waals surface area contributed by atoms with Crippen molar-refractivity contribution in [2.75, 3.05) is 27.2 Å². The Morgan fingerprint density at radius 2 is 2.09 bits per heavy atom. The number of rotatable bonds is 5. The first-order valence-electron chi connectivity index (χ1n) is 8.23. The number of benzene rings is 1. The first-order valence-corrected chi connectivity index (χ1v) is 8.23. The van der Waals surface area contributed by atoms with Gasteiger partial charge < -0.3 is 9.64 Å². The van der Waals surface area contributed by atoms with Gasteiger partial charge in [0.15, 0.2) is 11.6 Å². The number of hydrogen-bond acceptors (Lipinski definition) is 3. The highest BCUT2D eigenvalue weighted by Gasteiger charge is 2.26. The van der Waals surface area contributed by atoms with E-state index in [0.717, 1.165) is 31.5 Å². The summed E-state index contributed by atoms with van der Waals surface area (Å²) in [5, 5.41) is 0. The van der Waals surface area contributed by atoms with Crippen molar-refractivity contribution in [2.24, 2.45) is 5.92 Å². The minimum atomic E-state index is -0.373. The number of methoxy groups -OCH3 is 1. The Morgan fingerprint density at radius 3 is 2.65 bits per heavy atom. The van der Waals surface area contributed by atoms with E-state index in [-0.39, 0.29) is 23.5 Å². The molecule has 1 fully saturated rings. The lowest BCUT2D eigenvalue weighted by molar-refractivity contribution is -0.137. The minimum absolute atomic E-state index is 0.161. The third-order valence-electron chi connectivity index (χ3n) is 4.76. The monoisotopic (exact) mass is 322 g/mol. The third kappa shape index (κ3) is 4.44. The largest absolute Gasteiger partial charge is 0.494 e. The van der Waals surface area contributed by atoms with Gasteiger partial charge in [0, 0.05) is 19.6 Å². The average Bonchev–Trinajstić information content (AvgIpc) is 2.54. The van der Waals surface area contributed by atoms with Crippen LogP contribution >= 0.6 is 0 Å². The summed E-state index contributed by atoms with van der Waals surface area (Å²) in [6, 6.07) is 4.71. The molecule has 0 bridgehead atoms. The maximum Gasteiger partial charge on any atom is 0.239 e. The summed E-state index contributed by atoms with van der Waals surface area (Å²) in [6.45, 7) is 6.36. The first-order chi connectivity index (χ1) is 10.9. The predicted molar refractivity (Wildman–Crippen MR) is 88.9 cm³/mol. The van der Waals surface area contributed by atoms with Gasteiger partial charge >= 0.3 is 0 Å². The Balaban J connectivity index is 1.95. The van der Waals surface area contributed by atoms with E-state index in [1.807, 2.05) is 29.8 Å². The minimum Gasteiger partial charge on any atom is -0.494 e. The molecule has 1 aromatic carbocycles. The summed E-state index contributed by atoms with van der Waals surface area (Å²) in [5.41, 5.74) is 0.831. The van der Waals surface area contributed by atoms with Crippen molar-refractivity contribution in [3.05, 3.63) is 29.6 Å². The van der Waals surface area contributed by atoms with E-state index < -0.39 is 0 Å². The maximum atomic E-state index is 13.8. The van der Waals surface area contributed by atoms with Crippen LogP contribution < -0.4 is 4.74 Å². The number of likely N-dealkylation sites (tertiary alicyclic amines) is 1. The average molecular weight is 322 g/mol. The second-order valence-electron chi connectivity index (χ2n) is 6.57. The summed E-state index contributed by atoms with van der Waals surface area (Å²) in [7, 11) is 3.35. The lowest BCUT2D eigenvalue weighted by Crippen LogP contribution is -2.48. The molecule has 0 N–H and O–H groups in total. The number of halogens is 1. The molecule has 128 valence electrons. The van der Waals surface area contributed by atoms with E-state index >= 15 is 0 Å². The van der Waals surface area contributed by atoms with Gasteiger partial charge in [-0.2, -0.15) is 0 Å². The molecule has 0 aliphatic carbocycles. The molecule has 1 saturated heterocycles. The maximum absolute atomic E-state index is 13.8. The van der Waals surface area contributed by atoms with Crippen LogP contribution in [0.15, 0.2) is 18.2 Å². The van der Waals surface area contributed by atoms with E-state index in [1.165, 1.54) is 13.2 Å². The van der Waals surface area contributed by atoms with Crippen molar-refractivity contribution in [1.82, 2.24) is 9.80 Å². The molecule has 0 radical (unpaired) electrons. The second-order valence-corrected chi connectivity index (χ2v) is 6.57. The summed E-state index contributed by atoms with van der Waals surface area (Å²) < 4.78 is 18.7. The van der Waals surface area contributed by atoms with Gasteiger partial charge in [-0.15, -0.1) is 0 Å². The Labute approximate surface area is 138 Å². The molecule has 0 saturated carbocycles. The summed E-state index contributed by atoms with van der Waals surface area (Å²) in [6.07, 6.45) is 2.15. The SMILES string of the molecule is COc1ccc(CN(C)C(C)C(=O)N2CCC(C)CC2)cc1F. The summed E-state index contributed by atoms with van der Waals surface area (Å²) in [4.78, 5) is 16.5. The van der Waals surface area contributed by atoms with Crippen molar-refractivity contribution >= 4 is 5.91 Å². The van der Waals surface area contributed by atoms with Gasteiger partial charge in [-0.25, -0.2) is 4.39 Å². The molecule has 1 heterocycles. The zero-order valence-corrected chi connectivity index (χ0v) is 14.5. The van der Waals surface area contributed by atoms with Crippen LogP contribution in [0.25, 0.3) is 0 Å². The topological polar surface area (TPSA) is 32.8 Å². The number of amides is 1.